The highest BCUT2D eigenvalue weighted by Crippen LogP contribution is 2.05. The second kappa shape index (κ2) is 6.68. The molecule has 0 aliphatic carbocycles. The Hall–Kier alpha value is -0.750. The molecule has 1 amide bonds. The summed E-state index contributed by atoms with van der Waals surface area (Å²) in [5.74, 6) is -0.191. The predicted molar refractivity (Wildman–Crippen MR) is 54.8 cm³/mol. The highest BCUT2D eigenvalue weighted by atomic mass is 19.3. The topological polar surface area (TPSA) is 49.6 Å². The number of likely N-dealkylation sites (N-methyl/N-ethyl adjacent to an activating group) is 1. The van der Waals surface area contributed by atoms with Crippen molar-refractivity contribution in [2.45, 2.75) is 19.4 Å². The van der Waals surface area contributed by atoms with Crippen LogP contribution in [0.4, 0.5) is 8.78 Å². The summed E-state index contributed by atoms with van der Waals surface area (Å²) >= 11 is 0. The third-order valence-electron chi connectivity index (χ3n) is 2.13. The van der Waals surface area contributed by atoms with Gasteiger partial charge in [-0.25, -0.2) is 8.78 Å². The third kappa shape index (κ3) is 5.03. The number of hydrogen-bond acceptors (Lipinski definition) is 3. The number of nitrogens with zero attached hydrogens (tertiary/aromatic N) is 2. The van der Waals surface area contributed by atoms with Gasteiger partial charge in [-0.1, -0.05) is 0 Å². The Bertz CT molecular complexity index is 200. The summed E-state index contributed by atoms with van der Waals surface area (Å²) in [5, 5.41) is 0. The molecule has 0 heterocycles. The zero-order valence-corrected chi connectivity index (χ0v) is 9.41. The lowest BCUT2D eigenvalue weighted by atomic mass is 10.2. The van der Waals surface area contributed by atoms with Crippen molar-refractivity contribution in [3.05, 3.63) is 0 Å². The van der Waals surface area contributed by atoms with Crippen molar-refractivity contribution in [2.24, 2.45) is 5.73 Å². The molecule has 0 rings (SSSR count). The highest BCUT2D eigenvalue weighted by Gasteiger charge is 2.24. The molecule has 1 atom stereocenters. The van der Waals surface area contributed by atoms with Gasteiger partial charge in [-0.3, -0.25) is 9.69 Å². The van der Waals surface area contributed by atoms with Crippen LogP contribution in [-0.2, 0) is 4.79 Å². The van der Waals surface area contributed by atoms with E-state index in [-0.39, 0.29) is 12.5 Å². The molecule has 0 aliphatic rings. The van der Waals surface area contributed by atoms with Gasteiger partial charge in [0.05, 0.1) is 12.6 Å². The first-order valence-electron chi connectivity index (χ1n) is 4.83. The highest BCUT2D eigenvalue weighted by molar-refractivity contribution is 5.80. The molecule has 0 aromatic rings. The van der Waals surface area contributed by atoms with Crippen LogP contribution in [0, 0.1) is 0 Å². The summed E-state index contributed by atoms with van der Waals surface area (Å²) in [5.41, 5.74) is 5.31. The molecule has 6 heteroatoms. The molecule has 2 N–H and O–H groups in total. The number of alkyl halides is 2. The lowest BCUT2D eigenvalue weighted by Gasteiger charge is -2.29. The summed E-state index contributed by atoms with van der Waals surface area (Å²) in [6.45, 7) is 1.75. The summed E-state index contributed by atoms with van der Waals surface area (Å²) in [6.07, 6.45) is -2.45. The fourth-order valence-corrected chi connectivity index (χ4v) is 1.32. The van der Waals surface area contributed by atoms with Gasteiger partial charge in [0.25, 0.3) is 6.43 Å². The lowest BCUT2D eigenvalue weighted by molar-refractivity contribution is -0.134. The average molecular weight is 223 g/mol. The lowest BCUT2D eigenvalue weighted by Crippen LogP contribution is -2.48. The molecule has 4 nitrogen and oxygen atoms in total. The number of hydrogen-bond donors (Lipinski definition) is 1. The first-order valence-corrected chi connectivity index (χ1v) is 4.83. The number of nitrogens with two attached hydrogens (primary N) is 1. The van der Waals surface area contributed by atoms with Crippen molar-refractivity contribution >= 4 is 5.91 Å². The maximum atomic E-state index is 12.2. The molecule has 0 saturated carbocycles. The zero-order valence-electron chi connectivity index (χ0n) is 9.41. The maximum absolute atomic E-state index is 12.2. The molecular weight excluding hydrogens is 204 g/mol. The van der Waals surface area contributed by atoms with Crippen LogP contribution in [-0.4, -0.2) is 61.9 Å². The van der Waals surface area contributed by atoms with Gasteiger partial charge in [-0.05, 0) is 6.92 Å². The van der Waals surface area contributed by atoms with Crippen molar-refractivity contribution in [1.29, 1.82) is 0 Å². The molecule has 0 saturated heterocycles. The number of carbonyl (C=O) groups excluding carboxylic acids is 1. The molecule has 0 aliphatic heterocycles. The normalized spacial score (nSPS) is 13.3. The second-order valence-corrected chi connectivity index (χ2v) is 3.58. The first-order chi connectivity index (χ1) is 6.90. The van der Waals surface area contributed by atoms with E-state index in [1.807, 2.05) is 0 Å². The van der Waals surface area contributed by atoms with Crippen LogP contribution < -0.4 is 5.73 Å². The quantitative estimate of drug-likeness (QED) is 0.689. The summed E-state index contributed by atoms with van der Waals surface area (Å²) in [7, 11) is 3.20. The molecule has 90 valence electrons. The van der Waals surface area contributed by atoms with Crippen LogP contribution >= 0.6 is 0 Å². The molecule has 0 fully saturated rings. The van der Waals surface area contributed by atoms with Crippen LogP contribution in [0.2, 0.25) is 0 Å². The molecular formula is C9H19F2N3O. The van der Waals surface area contributed by atoms with Gasteiger partial charge in [-0.2, -0.15) is 0 Å². The van der Waals surface area contributed by atoms with Crippen molar-refractivity contribution in [3.63, 3.8) is 0 Å². The fourth-order valence-electron chi connectivity index (χ4n) is 1.32. The number of rotatable bonds is 6. The van der Waals surface area contributed by atoms with Gasteiger partial charge in [0.2, 0.25) is 5.91 Å². The van der Waals surface area contributed by atoms with Crippen LogP contribution in [0.15, 0.2) is 0 Å². The minimum atomic E-state index is -2.45. The number of carbonyl (C=O) groups is 1. The van der Waals surface area contributed by atoms with Crippen molar-refractivity contribution in [1.82, 2.24) is 9.80 Å². The van der Waals surface area contributed by atoms with E-state index in [0.29, 0.717) is 6.54 Å². The molecule has 0 aromatic carbocycles. The smallest absolute Gasteiger partial charge is 0.251 e. The standard InChI is InChI=1S/C9H19F2N3O/c1-7(9(15)13(2)3)14(5-4-12)6-8(10)11/h7-8H,4-6,12H2,1-3H3. The number of halogens is 2. The summed E-state index contributed by atoms with van der Waals surface area (Å²) < 4.78 is 24.5. The minimum Gasteiger partial charge on any atom is -0.347 e. The monoisotopic (exact) mass is 223 g/mol. The fraction of sp³-hybridized carbons (Fsp3) is 0.889. The summed E-state index contributed by atoms with van der Waals surface area (Å²) in [6, 6.07) is -0.558. The van der Waals surface area contributed by atoms with Gasteiger partial charge in [-0.15, -0.1) is 0 Å². The van der Waals surface area contributed by atoms with Crippen LogP contribution in [0.1, 0.15) is 6.92 Å². The van der Waals surface area contributed by atoms with Gasteiger partial charge in [0, 0.05) is 27.2 Å². The largest absolute Gasteiger partial charge is 0.347 e. The first kappa shape index (κ1) is 14.2. The minimum absolute atomic E-state index is 0.191. The van der Waals surface area contributed by atoms with Gasteiger partial charge in [0.1, 0.15) is 0 Å². The Kier molecular flexibility index (Phi) is 6.35. The van der Waals surface area contributed by atoms with Crippen molar-refractivity contribution in [2.75, 3.05) is 33.7 Å². The zero-order chi connectivity index (χ0) is 12.0. The second-order valence-electron chi connectivity index (χ2n) is 3.58. The predicted octanol–water partition coefficient (Wildman–Crippen LogP) is -0.0111. The molecule has 1 unspecified atom stereocenters. The molecule has 0 radical (unpaired) electrons. The maximum Gasteiger partial charge on any atom is 0.251 e. The Balaban J connectivity index is 4.39. The van der Waals surface area contributed by atoms with Gasteiger partial charge < -0.3 is 10.6 Å². The van der Waals surface area contributed by atoms with E-state index in [0.717, 1.165) is 0 Å². The van der Waals surface area contributed by atoms with E-state index < -0.39 is 19.0 Å². The van der Waals surface area contributed by atoms with Gasteiger partial charge >= 0.3 is 0 Å². The average Bonchev–Trinajstić information content (AvgIpc) is 2.14. The van der Waals surface area contributed by atoms with Crippen molar-refractivity contribution in [3.8, 4) is 0 Å². The van der Waals surface area contributed by atoms with Gasteiger partial charge in [0.15, 0.2) is 0 Å². The van der Waals surface area contributed by atoms with E-state index in [1.165, 1.54) is 9.80 Å². The SMILES string of the molecule is CC(C(=O)N(C)C)N(CCN)CC(F)F. The Morgan fingerprint density at radius 1 is 1.40 bits per heavy atom. The van der Waals surface area contributed by atoms with E-state index >= 15 is 0 Å². The van der Waals surface area contributed by atoms with Crippen LogP contribution in [0.25, 0.3) is 0 Å². The van der Waals surface area contributed by atoms with Crippen LogP contribution in [0.3, 0.4) is 0 Å². The molecule has 0 spiro atoms. The van der Waals surface area contributed by atoms with E-state index in [9.17, 15) is 13.6 Å². The van der Waals surface area contributed by atoms with Crippen LogP contribution in [0.5, 0.6) is 0 Å². The Labute approximate surface area is 89.0 Å². The third-order valence-corrected chi connectivity index (χ3v) is 2.13. The van der Waals surface area contributed by atoms with Crippen molar-refractivity contribution < 1.29 is 13.6 Å². The molecule has 0 bridgehead atoms. The Morgan fingerprint density at radius 2 is 1.93 bits per heavy atom. The van der Waals surface area contributed by atoms with E-state index in [2.05, 4.69) is 0 Å². The van der Waals surface area contributed by atoms with E-state index in [4.69, 9.17) is 5.73 Å². The Morgan fingerprint density at radius 3 is 2.27 bits per heavy atom. The number of amides is 1. The summed E-state index contributed by atoms with van der Waals surface area (Å²) in [4.78, 5) is 14.3. The molecule has 15 heavy (non-hydrogen) atoms. The molecule has 0 aromatic heterocycles. The van der Waals surface area contributed by atoms with E-state index in [1.54, 1.807) is 21.0 Å².